The van der Waals surface area contributed by atoms with Crippen LogP contribution in [0, 0.1) is 5.82 Å². The van der Waals surface area contributed by atoms with Crippen molar-refractivity contribution in [2.24, 2.45) is 0 Å². The second kappa shape index (κ2) is 8.91. The summed E-state index contributed by atoms with van der Waals surface area (Å²) in [4.78, 5) is 28.6. The highest BCUT2D eigenvalue weighted by Gasteiger charge is 2.15. The summed E-state index contributed by atoms with van der Waals surface area (Å²) in [6.07, 6.45) is 0.0661. The standard InChI is InChI=1S/C21H18FN3O4S/c22-16-4-2-1-3-15(16)20(27)25-21-24-14(12-30-21)10-19(26)23-11-13-5-6-17-18(9-13)29-8-7-28-17/h1-6,9,12H,7-8,10-11H2,(H,23,26)(H,24,25,27). The quantitative estimate of drug-likeness (QED) is 0.631. The first-order valence-electron chi connectivity index (χ1n) is 9.24. The molecule has 0 saturated carbocycles. The number of nitrogens with one attached hydrogen (secondary N) is 2. The van der Waals surface area contributed by atoms with Crippen LogP contribution in [0.2, 0.25) is 0 Å². The van der Waals surface area contributed by atoms with Crippen molar-refractivity contribution in [3.8, 4) is 11.5 Å². The summed E-state index contributed by atoms with van der Waals surface area (Å²) < 4.78 is 24.7. The van der Waals surface area contributed by atoms with Gasteiger partial charge in [-0.3, -0.25) is 14.9 Å². The predicted octanol–water partition coefficient (Wildman–Crippen LogP) is 3.16. The Morgan fingerprint density at radius 3 is 2.73 bits per heavy atom. The zero-order valence-corrected chi connectivity index (χ0v) is 16.6. The lowest BCUT2D eigenvalue weighted by Gasteiger charge is -2.18. The topological polar surface area (TPSA) is 89.6 Å². The molecular weight excluding hydrogens is 409 g/mol. The average molecular weight is 427 g/mol. The number of amides is 2. The highest BCUT2D eigenvalue weighted by molar-refractivity contribution is 7.14. The Labute approximate surface area is 175 Å². The molecular formula is C21H18FN3O4S. The molecule has 2 aromatic carbocycles. The first kappa shape index (κ1) is 19.8. The van der Waals surface area contributed by atoms with Crippen molar-refractivity contribution in [2.75, 3.05) is 18.5 Å². The predicted molar refractivity (Wildman–Crippen MR) is 109 cm³/mol. The molecule has 0 aliphatic carbocycles. The van der Waals surface area contributed by atoms with Crippen LogP contribution in [0.5, 0.6) is 11.5 Å². The van der Waals surface area contributed by atoms with Crippen LogP contribution in [-0.4, -0.2) is 30.0 Å². The summed E-state index contributed by atoms with van der Waals surface area (Å²) in [5.74, 6) is -0.0315. The van der Waals surface area contributed by atoms with Gasteiger partial charge in [0.1, 0.15) is 19.0 Å². The third-order valence-corrected chi connectivity index (χ3v) is 5.14. The molecule has 1 aromatic heterocycles. The normalized spacial score (nSPS) is 12.3. The number of halogens is 1. The minimum absolute atomic E-state index is 0.0635. The molecule has 1 aliphatic rings. The van der Waals surface area contributed by atoms with Crippen LogP contribution >= 0.6 is 11.3 Å². The summed E-state index contributed by atoms with van der Waals surface area (Å²) in [6.45, 7) is 1.37. The number of hydrogen-bond donors (Lipinski definition) is 2. The SMILES string of the molecule is O=C(Cc1csc(NC(=O)c2ccccc2F)n1)NCc1ccc2c(c1)OCCO2. The molecule has 2 amide bonds. The summed E-state index contributed by atoms with van der Waals surface area (Å²) in [7, 11) is 0. The van der Waals surface area contributed by atoms with E-state index in [0.29, 0.717) is 42.1 Å². The number of aromatic nitrogens is 1. The fourth-order valence-corrected chi connectivity index (χ4v) is 3.59. The lowest BCUT2D eigenvalue weighted by atomic mass is 10.2. The zero-order valence-electron chi connectivity index (χ0n) is 15.8. The van der Waals surface area contributed by atoms with Crippen molar-refractivity contribution >= 4 is 28.3 Å². The number of benzene rings is 2. The van der Waals surface area contributed by atoms with Crippen molar-refractivity contribution < 1.29 is 23.5 Å². The number of nitrogens with zero attached hydrogens (tertiary/aromatic N) is 1. The maximum atomic E-state index is 13.7. The Morgan fingerprint density at radius 2 is 1.90 bits per heavy atom. The van der Waals surface area contributed by atoms with Gasteiger partial charge in [0.2, 0.25) is 5.91 Å². The van der Waals surface area contributed by atoms with Crippen molar-refractivity contribution in [2.45, 2.75) is 13.0 Å². The zero-order chi connectivity index (χ0) is 20.9. The van der Waals surface area contributed by atoms with Crippen molar-refractivity contribution in [3.05, 3.63) is 70.5 Å². The van der Waals surface area contributed by atoms with E-state index in [1.165, 1.54) is 29.5 Å². The third kappa shape index (κ3) is 4.74. The molecule has 0 radical (unpaired) electrons. The number of hydrogen-bond acceptors (Lipinski definition) is 6. The molecule has 154 valence electrons. The molecule has 0 bridgehead atoms. The average Bonchev–Trinajstić information content (AvgIpc) is 3.19. The van der Waals surface area contributed by atoms with E-state index in [0.717, 1.165) is 5.56 Å². The van der Waals surface area contributed by atoms with Crippen molar-refractivity contribution in [1.82, 2.24) is 10.3 Å². The first-order chi connectivity index (χ1) is 14.6. The van der Waals surface area contributed by atoms with E-state index in [4.69, 9.17) is 9.47 Å². The van der Waals surface area contributed by atoms with E-state index in [-0.39, 0.29) is 17.9 Å². The van der Waals surface area contributed by atoms with Crippen LogP contribution < -0.4 is 20.1 Å². The van der Waals surface area contributed by atoms with Crippen LogP contribution in [0.15, 0.2) is 47.8 Å². The third-order valence-electron chi connectivity index (χ3n) is 4.33. The highest BCUT2D eigenvalue weighted by Crippen LogP contribution is 2.30. The Balaban J connectivity index is 1.30. The summed E-state index contributed by atoms with van der Waals surface area (Å²) in [5, 5.41) is 7.37. The lowest BCUT2D eigenvalue weighted by Crippen LogP contribution is -2.25. The highest BCUT2D eigenvalue weighted by atomic mass is 32.1. The molecule has 0 fully saturated rings. The fraction of sp³-hybridized carbons (Fsp3) is 0.190. The van der Waals surface area contributed by atoms with E-state index in [9.17, 15) is 14.0 Å². The minimum atomic E-state index is -0.606. The number of thiazole rings is 1. The molecule has 9 heteroatoms. The van der Waals surface area contributed by atoms with E-state index >= 15 is 0 Å². The van der Waals surface area contributed by atoms with Gasteiger partial charge in [-0.1, -0.05) is 18.2 Å². The van der Waals surface area contributed by atoms with Gasteiger partial charge in [0, 0.05) is 11.9 Å². The monoisotopic (exact) mass is 427 g/mol. The first-order valence-corrected chi connectivity index (χ1v) is 10.1. The molecule has 4 rings (SSSR count). The number of rotatable bonds is 6. The molecule has 3 aromatic rings. The molecule has 0 atom stereocenters. The Morgan fingerprint density at radius 1 is 1.10 bits per heavy atom. The second-order valence-electron chi connectivity index (χ2n) is 6.51. The Kier molecular flexibility index (Phi) is 5.89. The Hall–Kier alpha value is -3.46. The van der Waals surface area contributed by atoms with E-state index in [2.05, 4.69) is 15.6 Å². The maximum Gasteiger partial charge on any atom is 0.260 e. The van der Waals surface area contributed by atoms with Crippen LogP contribution in [0.1, 0.15) is 21.6 Å². The van der Waals surface area contributed by atoms with Gasteiger partial charge in [0.15, 0.2) is 16.6 Å². The molecule has 2 N–H and O–H groups in total. The minimum Gasteiger partial charge on any atom is -0.486 e. The van der Waals surface area contributed by atoms with Gasteiger partial charge < -0.3 is 14.8 Å². The smallest absolute Gasteiger partial charge is 0.260 e. The van der Waals surface area contributed by atoms with Gasteiger partial charge in [-0.05, 0) is 29.8 Å². The van der Waals surface area contributed by atoms with Crippen molar-refractivity contribution in [1.29, 1.82) is 0 Å². The second-order valence-corrected chi connectivity index (χ2v) is 7.37. The molecule has 7 nitrogen and oxygen atoms in total. The van der Waals surface area contributed by atoms with Crippen LogP contribution in [0.25, 0.3) is 0 Å². The van der Waals surface area contributed by atoms with Crippen LogP contribution in [0.4, 0.5) is 9.52 Å². The van der Waals surface area contributed by atoms with E-state index < -0.39 is 11.7 Å². The van der Waals surface area contributed by atoms with E-state index in [1.54, 1.807) is 11.4 Å². The maximum absolute atomic E-state index is 13.7. The fourth-order valence-electron chi connectivity index (χ4n) is 2.88. The molecule has 2 heterocycles. The van der Waals surface area contributed by atoms with Gasteiger partial charge in [-0.15, -0.1) is 11.3 Å². The van der Waals surface area contributed by atoms with Crippen LogP contribution in [0.3, 0.4) is 0 Å². The molecule has 0 saturated heterocycles. The lowest BCUT2D eigenvalue weighted by molar-refractivity contribution is -0.120. The summed E-state index contributed by atoms with van der Waals surface area (Å²) >= 11 is 1.17. The number of carbonyl (C=O) groups is 2. The molecule has 30 heavy (non-hydrogen) atoms. The summed E-state index contributed by atoms with van der Waals surface area (Å²) in [5.41, 5.74) is 1.35. The van der Waals surface area contributed by atoms with Gasteiger partial charge in [0.25, 0.3) is 5.91 Å². The molecule has 1 aliphatic heterocycles. The van der Waals surface area contributed by atoms with Crippen molar-refractivity contribution in [3.63, 3.8) is 0 Å². The number of fused-ring (bicyclic) bond motifs is 1. The van der Waals surface area contributed by atoms with Gasteiger partial charge in [0.05, 0.1) is 17.7 Å². The number of anilines is 1. The van der Waals surface area contributed by atoms with Gasteiger partial charge in [-0.2, -0.15) is 0 Å². The molecule has 0 spiro atoms. The summed E-state index contributed by atoms with van der Waals surface area (Å²) in [6, 6.07) is 11.2. The Bertz CT molecular complexity index is 1090. The van der Waals surface area contributed by atoms with Gasteiger partial charge >= 0.3 is 0 Å². The number of carbonyl (C=O) groups excluding carboxylic acids is 2. The molecule has 0 unspecified atom stereocenters. The number of ether oxygens (including phenoxy) is 2. The van der Waals surface area contributed by atoms with Gasteiger partial charge in [-0.25, -0.2) is 9.37 Å². The van der Waals surface area contributed by atoms with E-state index in [1.807, 2.05) is 18.2 Å². The largest absolute Gasteiger partial charge is 0.486 e. The van der Waals surface area contributed by atoms with Crippen LogP contribution in [-0.2, 0) is 17.8 Å².